The van der Waals surface area contributed by atoms with Gasteiger partial charge in [0.25, 0.3) is 11.8 Å². The third-order valence-corrected chi connectivity index (χ3v) is 3.26. The average Bonchev–Trinajstić information content (AvgIpc) is 3.02. The molecule has 0 unspecified atom stereocenters. The fourth-order valence-corrected chi connectivity index (χ4v) is 2.31. The van der Waals surface area contributed by atoms with Crippen LogP contribution in [0.25, 0.3) is 0 Å². The Hall–Kier alpha value is -2.36. The van der Waals surface area contributed by atoms with Crippen LogP contribution in [0.5, 0.6) is 0 Å². The van der Waals surface area contributed by atoms with Gasteiger partial charge in [-0.1, -0.05) is 12.1 Å². The molecule has 2 aromatic rings. The average molecular weight is 255 g/mol. The number of benzene rings is 1. The van der Waals surface area contributed by atoms with Crippen molar-refractivity contribution >= 4 is 11.8 Å². The predicted molar refractivity (Wildman–Crippen MR) is 68.8 cm³/mol. The third kappa shape index (κ3) is 2.05. The van der Waals surface area contributed by atoms with Crippen molar-refractivity contribution in [3.05, 3.63) is 59.5 Å². The maximum Gasteiger partial charge on any atom is 0.261 e. The van der Waals surface area contributed by atoms with E-state index < -0.39 is 0 Å². The van der Waals surface area contributed by atoms with Gasteiger partial charge < -0.3 is 4.42 Å². The number of hydrogen-bond donors (Lipinski definition) is 0. The number of aryl methyl sites for hydroxylation is 1. The van der Waals surface area contributed by atoms with E-state index in [1.54, 1.807) is 30.5 Å². The molecular weight excluding hydrogens is 242 g/mol. The van der Waals surface area contributed by atoms with Crippen LogP contribution in [0, 0.1) is 0 Å². The van der Waals surface area contributed by atoms with Crippen LogP contribution in [-0.2, 0) is 6.42 Å². The molecule has 1 aromatic carbocycles. The number of nitrogens with zero attached hydrogens (tertiary/aromatic N) is 1. The second-order valence-corrected chi connectivity index (χ2v) is 4.49. The van der Waals surface area contributed by atoms with Gasteiger partial charge in [0.15, 0.2) is 0 Å². The highest BCUT2D eigenvalue weighted by molar-refractivity contribution is 6.21. The van der Waals surface area contributed by atoms with Crippen LogP contribution in [0.4, 0.5) is 0 Å². The molecule has 0 atom stereocenters. The number of carbonyl (C=O) groups is 2. The maximum atomic E-state index is 12.1. The lowest BCUT2D eigenvalue weighted by Gasteiger charge is -2.12. The Morgan fingerprint density at radius 2 is 1.63 bits per heavy atom. The number of amides is 2. The van der Waals surface area contributed by atoms with Crippen molar-refractivity contribution in [2.75, 3.05) is 6.54 Å². The number of rotatable bonds is 4. The topological polar surface area (TPSA) is 50.5 Å². The Bertz CT molecular complexity index is 581. The summed E-state index contributed by atoms with van der Waals surface area (Å²) < 4.78 is 5.23. The molecule has 2 amide bonds. The Labute approximate surface area is 110 Å². The van der Waals surface area contributed by atoms with Gasteiger partial charge in [-0.05, 0) is 30.7 Å². The molecule has 96 valence electrons. The SMILES string of the molecule is O=C1c2ccccc2C(=O)N1CCCc1ccco1. The highest BCUT2D eigenvalue weighted by atomic mass is 16.3. The molecule has 1 aliphatic rings. The first-order chi connectivity index (χ1) is 9.27. The molecule has 0 N–H and O–H groups in total. The van der Waals surface area contributed by atoms with Crippen molar-refractivity contribution in [3.63, 3.8) is 0 Å². The van der Waals surface area contributed by atoms with Gasteiger partial charge in [-0.25, -0.2) is 0 Å². The van der Waals surface area contributed by atoms with E-state index in [2.05, 4.69) is 0 Å². The van der Waals surface area contributed by atoms with Gasteiger partial charge in [-0.3, -0.25) is 14.5 Å². The third-order valence-electron chi connectivity index (χ3n) is 3.26. The fraction of sp³-hybridized carbons (Fsp3) is 0.200. The summed E-state index contributed by atoms with van der Waals surface area (Å²) in [5.74, 6) is 0.483. The van der Waals surface area contributed by atoms with Gasteiger partial charge in [0.05, 0.1) is 17.4 Å². The smallest absolute Gasteiger partial charge is 0.261 e. The van der Waals surface area contributed by atoms with E-state index in [0.717, 1.165) is 12.2 Å². The number of imide groups is 1. The van der Waals surface area contributed by atoms with E-state index >= 15 is 0 Å². The van der Waals surface area contributed by atoms with E-state index in [-0.39, 0.29) is 11.8 Å². The first kappa shape index (κ1) is 11.7. The summed E-state index contributed by atoms with van der Waals surface area (Å²) >= 11 is 0. The number of carbonyl (C=O) groups excluding carboxylic acids is 2. The molecule has 0 spiro atoms. The molecule has 4 heteroatoms. The van der Waals surface area contributed by atoms with Crippen molar-refractivity contribution in [2.24, 2.45) is 0 Å². The van der Waals surface area contributed by atoms with Crippen molar-refractivity contribution < 1.29 is 14.0 Å². The molecule has 4 nitrogen and oxygen atoms in total. The van der Waals surface area contributed by atoms with Crippen LogP contribution in [0.1, 0.15) is 32.9 Å². The first-order valence-electron chi connectivity index (χ1n) is 6.25. The number of furan rings is 1. The van der Waals surface area contributed by atoms with Gasteiger partial charge in [-0.2, -0.15) is 0 Å². The van der Waals surface area contributed by atoms with E-state index in [1.807, 2.05) is 12.1 Å². The minimum Gasteiger partial charge on any atom is -0.469 e. The molecule has 2 heterocycles. The Kier molecular flexibility index (Phi) is 2.91. The van der Waals surface area contributed by atoms with E-state index in [9.17, 15) is 9.59 Å². The monoisotopic (exact) mass is 255 g/mol. The van der Waals surface area contributed by atoms with Gasteiger partial charge in [0, 0.05) is 13.0 Å². The van der Waals surface area contributed by atoms with Gasteiger partial charge in [0.2, 0.25) is 0 Å². The lowest BCUT2D eigenvalue weighted by molar-refractivity contribution is 0.0652. The summed E-state index contributed by atoms with van der Waals surface area (Å²) in [5.41, 5.74) is 1.01. The number of fused-ring (bicyclic) bond motifs is 1. The zero-order chi connectivity index (χ0) is 13.2. The normalized spacial score (nSPS) is 14.0. The van der Waals surface area contributed by atoms with Gasteiger partial charge in [0.1, 0.15) is 5.76 Å². The number of hydrogen-bond acceptors (Lipinski definition) is 3. The van der Waals surface area contributed by atoms with Crippen LogP contribution in [-0.4, -0.2) is 23.3 Å². The summed E-state index contributed by atoms with van der Waals surface area (Å²) in [6.45, 7) is 0.424. The van der Waals surface area contributed by atoms with Crippen molar-refractivity contribution in [1.82, 2.24) is 4.90 Å². The minimum atomic E-state index is -0.194. The summed E-state index contributed by atoms with van der Waals surface area (Å²) in [4.78, 5) is 25.5. The second kappa shape index (κ2) is 4.72. The molecule has 3 rings (SSSR count). The molecule has 0 saturated carbocycles. The van der Waals surface area contributed by atoms with Crippen LogP contribution in [0.3, 0.4) is 0 Å². The predicted octanol–water partition coefficient (Wildman–Crippen LogP) is 2.51. The van der Waals surface area contributed by atoms with Gasteiger partial charge in [-0.15, -0.1) is 0 Å². The van der Waals surface area contributed by atoms with E-state index in [1.165, 1.54) is 4.90 Å². The Morgan fingerprint density at radius 1 is 0.947 bits per heavy atom. The quantitative estimate of drug-likeness (QED) is 0.789. The first-order valence-corrected chi connectivity index (χ1v) is 6.25. The maximum absolute atomic E-state index is 12.1. The van der Waals surface area contributed by atoms with Crippen LogP contribution >= 0.6 is 0 Å². The molecule has 19 heavy (non-hydrogen) atoms. The summed E-state index contributed by atoms with van der Waals surface area (Å²) in [6, 6.07) is 10.7. The largest absolute Gasteiger partial charge is 0.469 e. The van der Waals surface area contributed by atoms with Crippen LogP contribution in [0.2, 0.25) is 0 Å². The lowest BCUT2D eigenvalue weighted by atomic mass is 10.1. The summed E-state index contributed by atoms with van der Waals surface area (Å²) in [5, 5.41) is 0. The molecule has 0 saturated heterocycles. The Balaban J connectivity index is 1.67. The summed E-state index contributed by atoms with van der Waals surface area (Å²) in [7, 11) is 0. The molecule has 0 radical (unpaired) electrons. The lowest BCUT2D eigenvalue weighted by Crippen LogP contribution is -2.30. The molecule has 0 bridgehead atoms. The minimum absolute atomic E-state index is 0.194. The van der Waals surface area contributed by atoms with Crippen molar-refractivity contribution in [2.45, 2.75) is 12.8 Å². The van der Waals surface area contributed by atoms with Crippen LogP contribution < -0.4 is 0 Å². The molecule has 0 aliphatic carbocycles. The van der Waals surface area contributed by atoms with Crippen molar-refractivity contribution in [3.8, 4) is 0 Å². The highest BCUT2D eigenvalue weighted by Gasteiger charge is 2.34. The highest BCUT2D eigenvalue weighted by Crippen LogP contribution is 2.22. The zero-order valence-electron chi connectivity index (χ0n) is 10.3. The molecule has 1 aliphatic heterocycles. The van der Waals surface area contributed by atoms with Crippen molar-refractivity contribution in [1.29, 1.82) is 0 Å². The fourth-order valence-electron chi connectivity index (χ4n) is 2.31. The van der Waals surface area contributed by atoms with Gasteiger partial charge >= 0.3 is 0 Å². The molecule has 0 fully saturated rings. The second-order valence-electron chi connectivity index (χ2n) is 4.49. The zero-order valence-corrected chi connectivity index (χ0v) is 10.3. The van der Waals surface area contributed by atoms with E-state index in [4.69, 9.17) is 4.42 Å². The standard InChI is InChI=1S/C15H13NO3/c17-14-12-7-1-2-8-13(12)15(18)16(14)9-3-5-11-6-4-10-19-11/h1-2,4,6-8,10H,3,5,9H2. The summed E-state index contributed by atoms with van der Waals surface area (Å²) in [6.07, 6.45) is 3.05. The molecule has 1 aromatic heterocycles. The Morgan fingerprint density at radius 3 is 2.21 bits per heavy atom. The van der Waals surface area contributed by atoms with Crippen LogP contribution in [0.15, 0.2) is 47.1 Å². The molecular formula is C15H13NO3. The van der Waals surface area contributed by atoms with E-state index in [0.29, 0.717) is 24.1 Å².